The standard InChI is InChI=1S/C15H15F2NO2/c1-9-4-6-19-13(9)8-18-12-5-7-20-15-11(17)3-2-10(16)14(12)15/h2-4,6,12,18H,5,7-8H2,1H3/t12-/m1/s1. The number of ether oxygens (including phenoxy) is 1. The Kier molecular flexibility index (Phi) is 3.44. The Hall–Kier alpha value is -1.88. The molecule has 0 bridgehead atoms. The van der Waals surface area contributed by atoms with Crippen LogP contribution in [-0.2, 0) is 6.54 Å². The van der Waals surface area contributed by atoms with Crippen LogP contribution in [-0.4, -0.2) is 6.61 Å². The fraction of sp³-hybridized carbons (Fsp3) is 0.333. The summed E-state index contributed by atoms with van der Waals surface area (Å²) in [4.78, 5) is 0. The molecule has 0 saturated carbocycles. The van der Waals surface area contributed by atoms with Crippen molar-refractivity contribution in [3.8, 4) is 5.75 Å². The minimum absolute atomic E-state index is 0.0184. The number of hydrogen-bond donors (Lipinski definition) is 1. The van der Waals surface area contributed by atoms with Crippen molar-refractivity contribution < 1.29 is 17.9 Å². The summed E-state index contributed by atoms with van der Waals surface area (Å²) in [6.07, 6.45) is 2.21. The summed E-state index contributed by atoms with van der Waals surface area (Å²) >= 11 is 0. The highest BCUT2D eigenvalue weighted by Gasteiger charge is 2.27. The van der Waals surface area contributed by atoms with Gasteiger partial charge in [-0.25, -0.2) is 8.78 Å². The lowest BCUT2D eigenvalue weighted by Gasteiger charge is -2.27. The van der Waals surface area contributed by atoms with Gasteiger partial charge in [0, 0.05) is 18.0 Å². The molecule has 2 aromatic rings. The summed E-state index contributed by atoms with van der Waals surface area (Å²) < 4.78 is 38.2. The first-order valence-corrected chi connectivity index (χ1v) is 6.54. The maximum Gasteiger partial charge on any atom is 0.165 e. The Balaban J connectivity index is 1.83. The van der Waals surface area contributed by atoms with E-state index in [4.69, 9.17) is 9.15 Å². The Bertz CT molecular complexity index is 624. The number of hydrogen-bond acceptors (Lipinski definition) is 3. The van der Waals surface area contributed by atoms with E-state index in [9.17, 15) is 8.78 Å². The van der Waals surface area contributed by atoms with Crippen LogP contribution in [0.1, 0.15) is 29.3 Å². The summed E-state index contributed by atoms with van der Waals surface area (Å²) in [5.41, 5.74) is 1.30. The molecule has 20 heavy (non-hydrogen) atoms. The lowest BCUT2D eigenvalue weighted by molar-refractivity contribution is 0.233. The molecule has 0 unspecified atom stereocenters. The van der Waals surface area contributed by atoms with Crippen molar-refractivity contribution in [1.29, 1.82) is 0 Å². The molecule has 2 heterocycles. The van der Waals surface area contributed by atoms with Crippen molar-refractivity contribution in [1.82, 2.24) is 5.32 Å². The number of aryl methyl sites for hydroxylation is 1. The number of fused-ring (bicyclic) bond motifs is 1. The Morgan fingerprint density at radius 1 is 1.25 bits per heavy atom. The van der Waals surface area contributed by atoms with Crippen molar-refractivity contribution in [2.24, 2.45) is 0 Å². The first-order chi connectivity index (χ1) is 9.66. The van der Waals surface area contributed by atoms with E-state index in [-0.39, 0.29) is 17.4 Å². The normalized spacial score (nSPS) is 17.6. The van der Waals surface area contributed by atoms with Crippen LogP contribution < -0.4 is 10.1 Å². The molecule has 0 saturated heterocycles. The smallest absolute Gasteiger partial charge is 0.165 e. The third-order valence-electron chi connectivity index (χ3n) is 3.57. The average molecular weight is 279 g/mol. The van der Waals surface area contributed by atoms with Gasteiger partial charge in [-0.1, -0.05) is 0 Å². The molecule has 1 N–H and O–H groups in total. The van der Waals surface area contributed by atoms with Crippen molar-refractivity contribution >= 4 is 0 Å². The average Bonchev–Trinajstić information content (AvgIpc) is 2.86. The molecular weight excluding hydrogens is 264 g/mol. The lowest BCUT2D eigenvalue weighted by Crippen LogP contribution is -2.28. The van der Waals surface area contributed by atoms with E-state index in [1.807, 2.05) is 13.0 Å². The van der Waals surface area contributed by atoms with Crippen LogP contribution in [0.5, 0.6) is 5.75 Å². The summed E-state index contributed by atoms with van der Waals surface area (Å²) in [5.74, 6) is -0.156. The van der Waals surface area contributed by atoms with Crippen molar-refractivity contribution in [2.75, 3.05) is 6.61 Å². The van der Waals surface area contributed by atoms with Gasteiger partial charge in [-0.3, -0.25) is 0 Å². The first-order valence-electron chi connectivity index (χ1n) is 6.54. The molecule has 3 rings (SSSR count). The van der Waals surface area contributed by atoms with E-state index in [2.05, 4.69) is 5.32 Å². The Labute approximate surface area is 115 Å². The topological polar surface area (TPSA) is 34.4 Å². The van der Waals surface area contributed by atoms with Crippen LogP contribution in [0.25, 0.3) is 0 Å². The predicted octanol–water partition coefficient (Wildman–Crippen LogP) is 3.48. The minimum Gasteiger partial charge on any atom is -0.490 e. The molecule has 1 aromatic heterocycles. The van der Waals surface area contributed by atoms with E-state index >= 15 is 0 Å². The van der Waals surface area contributed by atoms with Crippen LogP contribution in [0.4, 0.5) is 8.78 Å². The molecule has 0 fully saturated rings. The van der Waals surface area contributed by atoms with E-state index in [0.717, 1.165) is 23.5 Å². The largest absolute Gasteiger partial charge is 0.490 e. The van der Waals surface area contributed by atoms with Gasteiger partial charge >= 0.3 is 0 Å². The van der Waals surface area contributed by atoms with Crippen molar-refractivity contribution in [3.05, 3.63) is 53.0 Å². The molecule has 3 nitrogen and oxygen atoms in total. The molecule has 1 aromatic carbocycles. The second-order valence-corrected chi connectivity index (χ2v) is 4.87. The van der Waals surface area contributed by atoms with Gasteiger partial charge in [-0.2, -0.15) is 0 Å². The van der Waals surface area contributed by atoms with Crippen molar-refractivity contribution in [3.63, 3.8) is 0 Å². The molecule has 0 amide bonds. The van der Waals surface area contributed by atoms with E-state index < -0.39 is 11.6 Å². The third kappa shape index (κ3) is 2.29. The number of halogens is 2. The molecule has 0 spiro atoms. The zero-order valence-electron chi connectivity index (χ0n) is 11.1. The number of furan rings is 1. The van der Waals surface area contributed by atoms with Crippen LogP contribution in [0.2, 0.25) is 0 Å². The highest BCUT2D eigenvalue weighted by atomic mass is 19.1. The molecule has 0 radical (unpaired) electrons. The second-order valence-electron chi connectivity index (χ2n) is 4.87. The molecule has 1 atom stereocenters. The van der Waals surface area contributed by atoms with Gasteiger partial charge in [0.2, 0.25) is 0 Å². The number of nitrogens with one attached hydrogen (secondary N) is 1. The Morgan fingerprint density at radius 2 is 2.05 bits per heavy atom. The summed E-state index contributed by atoms with van der Waals surface area (Å²) in [6.45, 7) is 2.78. The maximum atomic E-state index is 13.9. The second kappa shape index (κ2) is 5.25. The molecule has 0 aliphatic carbocycles. The van der Waals surface area contributed by atoms with E-state index in [1.165, 1.54) is 0 Å². The number of rotatable bonds is 3. The highest BCUT2D eigenvalue weighted by Crippen LogP contribution is 2.36. The number of benzene rings is 1. The van der Waals surface area contributed by atoms with Gasteiger partial charge in [0.25, 0.3) is 0 Å². The van der Waals surface area contributed by atoms with Gasteiger partial charge < -0.3 is 14.5 Å². The van der Waals surface area contributed by atoms with Gasteiger partial charge in [0.05, 0.1) is 19.4 Å². The maximum absolute atomic E-state index is 13.9. The zero-order valence-corrected chi connectivity index (χ0v) is 11.1. The highest BCUT2D eigenvalue weighted by molar-refractivity contribution is 5.40. The first kappa shape index (κ1) is 13.1. The van der Waals surface area contributed by atoms with Crippen LogP contribution in [0, 0.1) is 18.6 Å². The summed E-state index contributed by atoms with van der Waals surface area (Å²) in [5, 5.41) is 3.21. The monoisotopic (exact) mass is 279 g/mol. The van der Waals surface area contributed by atoms with Gasteiger partial charge in [0.1, 0.15) is 11.6 Å². The predicted molar refractivity (Wildman–Crippen MR) is 69.5 cm³/mol. The Morgan fingerprint density at radius 3 is 2.80 bits per heavy atom. The van der Waals surface area contributed by atoms with E-state index in [0.29, 0.717) is 19.6 Å². The fourth-order valence-electron chi connectivity index (χ4n) is 2.45. The summed E-state index contributed by atoms with van der Waals surface area (Å²) in [6, 6.07) is 3.82. The molecule has 5 heteroatoms. The molecular formula is C15H15F2NO2. The molecule has 1 aliphatic heterocycles. The quantitative estimate of drug-likeness (QED) is 0.934. The van der Waals surface area contributed by atoms with Crippen LogP contribution in [0.3, 0.4) is 0 Å². The van der Waals surface area contributed by atoms with Crippen LogP contribution >= 0.6 is 0 Å². The fourth-order valence-corrected chi connectivity index (χ4v) is 2.45. The molecule has 1 aliphatic rings. The SMILES string of the molecule is Cc1ccoc1CN[C@@H]1CCOc2c(F)ccc(F)c21. The third-order valence-corrected chi connectivity index (χ3v) is 3.57. The van der Waals surface area contributed by atoms with E-state index in [1.54, 1.807) is 6.26 Å². The lowest BCUT2D eigenvalue weighted by atomic mass is 9.99. The van der Waals surface area contributed by atoms with Gasteiger partial charge in [0.15, 0.2) is 11.6 Å². The van der Waals surface area contributed by atoms with Gasteiger partial charge in [-0.15, -0.1) is 0 Å². The molecule has 106 valence electrons. The van der Waals surface area contributed by atoms with Crippen LogP contribution in [0.15, 0.2) is 28.9 Å². The minimum atomic E-state index is -0.526. The van der Waals surface area contributed by atoms with Gasteiger partial charge in [-0.05, 0) is 30.7 Å². The zero-order chi connectivity index (χ0) is 14.1. The summed E-state index contributed by atoms with van der Waals surface area (Å²) in [7, 11) is 0. The van der Waals surface area contributed by atoms with Crippen molar-refractivity contribution in [2.45, 2.75) is 25.9 Å².